The highest BCUT2D eigenvalue weighted by molar-refractivity contribution is 8.01. The fraction of sp³-hybridized carbons (Fsp3) is 0.615. The standard InChI is InChI=1S/C13H19N5OS2/c1-2-18-11(3-5-14-18)4-10-20-13-16-15-12(21-13)17-6-8-19-9-7-17/h3,5H,2,4,6-10H2,1H3. The van der Waals surface area contributed by atoms with E-state index in [2.05, 4.69) is 33.2 Å². The molecule has 21 heavy (non-hydrogen) atoms. The van der Waals surface area contributed by atoms with E-state index in [1.54, 1.807) is 23.1 Å². The summed E-state index contributed by atoms with van der Waals surface area (Å²) in [5.74, 6) is 1.00. The van der Waals surface area contributed by atoms with E-state index in [0.717, 1.165) is 54.5 Å². The zero-order chi connectivity index (χ0) is 14.5. The van der Waals surface area contributed by atoms with E-state index < -0.39 is 0 Å². The van der Waals surface area contributed by atoms with Crippen LogP contribution in [0.15, 0.2) is 16.6 Å². The van der Waals surface area contributed by atoms with Gasteiger partial charge in [-0.25, -0.2) is 0 Å². The summed E-state index contributed by atoms with van der Waals surface area (Å²) in [6.07, 6.45) is 2.87. The summed E-state index contributed by atoms with van der Waals surface area (Å²) in [6, 6.07) is 2.09. The summed E-state index contributed by atoms with van der Waals surface area (Å²) in [5, 5.41) is 13.9. The number of hydrogen-bond acceptors (Lipinski definition) is 7. The molecule has 0 saturated carbocycles. The average molecular weight is 325 g/mol. The van der Waals surface area contributed by atoms with Crippen molar-refractivity contribution in [2.45, 2.75) is 24.2 Å². The molecule has 0 N–H and O–H groups in total. The zero-order valence-corrected chi connectivity index (χ0v) is 13.7. The number of aromatic nitrogens is 4. The Balaban J connectivity index is 1.50. The Bertz CT molecular complexity index is 564. The van der Waals surface area contributed by atoms with Crippen LogP contribution in [0.2, 0.25) is 0 Å². The maximum atomic E-state index is 5.36. The molecule has 0 bridgehead atoms. The lowest BCUT2D eigenvalue weighted by atomic mass is 10.3. The van der Waals surface area contributed by atoms with Gasteiger partial charge in [0.2, 0.25) is 5.13 Å². The van der Waals surface area contributed by atoms with E-state index in [0.29, 0.717) is 0 Å². The lowest BCUT2D eigenvalue weighted by Gasteiger charge is -2.25. The van der Waals surface area contributed by atoms with Crippen molar-refractivity contribution < 1.29 is 4.74 Å². The van der Waals surface area contributed by atoms with Crippen molar-refractivity contribution in [2.24, 2.45) is 0 Å². The van der Waals surface area contributed by atoms with Crippen molar-refractivity contribution in [1.82, 2.24) is 20.0 Å². The van der Waals surface area contributed by atoms with E-state index >= 15 is 0 Å². The fourth-order valence-electron chi connectivity index (χ4n) is 2.24. The van der Waals surface area contributed by atoms with Gasteiger partial charge in [0.05, 0.1) is 13.2 Å². The lowest BCUT2D eigenvalue weighted by Crippen LogP contribution is -2.36. The summed E-state index contributed by atoms with van der Waals surface area (Å²) in [4.78, 5) is 2.25. The smallest absolute Gasteiger partial charge is 0.209 e. The van der Waals surface area contributed by atoms with Crippen molar-refractivity contribution in [3.8, 4) is 0 Å². The molecule has 1 aliphatic rings. The van der Waals surface area contributed by atoms with Crippen LogP contribution in [0.25, 0.3) is 0 Å². The summed E-state index contributed by atoms with van der Waals surface area (Å²) in [7, 11) is 0. The van der Waals surface area contributed by atoms with E-state index in [9.17, 15) is 0 Å². The quantitative estimate of drug-likeness (QED) is 0.757. The molecular weight excluding hydrogens is 306 g/mol. The van der Waals surface area contributed by atoms with Gasteiger partial charge in [0.1, 0.15) is 0 Å². The summed E-state index contributed by atoms with van der Waals surface area (Å²) < 4.78 is 8.44. The van der Waals surface area contributed by atoms with Crippen molar-refractivity contribution >= 4 is 28.2 Å². The summed E-state index contributed by atoms with van der Waals surface area (Å²) in [5.41, 5.74) is 1.28. The largest absolute Gasteiger partial charge is 0.378 e. The van der Waals surface area contributed by atoms with Crippen LogP contribution < -0.4 is 4.90 Å². The van der Waals surface area contributed by atoms with Crippen LogP contribution in [-0.4, -0.2) is 52.0 Å². The Kier molecular flexibility index (Phi) is 5.10. The second kappa shape index (κ2) is 7.24. The van der Waals surface area contributed by atoms with Gasteiger partial charge in [0, 0.05) is 37.3 Å². The number of morpholine rings is 1. The molecule has 0 amide bonds. The van der Waals surface area contributed by atoms with Crippen LogP contribution in [0.1, 0.15) is 12.6 Å². The molecular formula is C13H19N5OS2. The number of hydrogen-bond donors (Lipinski definition) is 0. The molecule has 0 spiro atoms. The SMILES string of the molecule is CCn1nccc1CCSc1nnc(N2CCOCC2)s1. The molecule has 2 aromatic rings. The average Bonchev–Trinajstić information content (AvgIpc) is 3.17. The van der Waals surface area contributed by atoms with Crippen LogP contribution in [0.4, 0.5) is 5.13 Å². The van der Waals surface area contributed by atoms with E-state index in [4.69, 9.17) is 4.74 Å². The molecule has 0 unspecified atom stereocenters. The van der Waals surface area contributed by atoms with Crippen LogP contribution in [0.3, 0.4) is 0 Å². The zero-order valence-electron chi connectivity index (χ0n) is 12.1. The first-order valence-corrected chi connectivity index (χ1v) is 8.96. The summed E-state index contributed by atoms with van der Waals surface area (Å²) >= 11 is 3.44. The van der Waals surface area contributed by atoms with Gasteiger partial charge in [-0.05, 0) is 19.4 Å². The van der Waals surface area contributed by atoms with Gasteiger partial charge in [-0.15, -0.1) is 10.2 Å². The second-order valence-electron chi connectivity index (χ2n) is 4.69. The minimum Gasteiger partial charge on any atom is -0.378 e. The fourth-order valence-corrected chi connectivity index (χ4v) is 4.17. The Morgan fingerprint density at radius 2 is 2.19 bits per heavy atom. The predicted octanol–water partition coefficient (Wildman–Crippen LogP) is 1.93. The topological polar surface area (TPSA) is 56.1 Å². The van der Waals surface area contributed by atoms with Gasteiger partial charge in [-0.3, -0.25) is 4.68 Å². The van der Waals surface area contributed by atoms with Crippen molar-refractivity contribution in [3.05, 3.63) is 18.0 Å². The molecule has 1 aliphatic heterocycles. The predicted molar refractivity (Wildman–Crippen MR) is 85.3 cm³/mol. The first-order valence-electron chi connectivity index (χ1n) is 7.16. The van der Waals surface area contributed by atoms with Crippen molar-refractivity contribution in [3.63, 3.8) is 0 Å². The number of anilines is 1. The normalized spacial score (nSPS) is 15.6. The van der Waals surface area contributed by atoms with E-state index in [1.165, 1.54) is 5.69 Å². The maximum absolute atomic E-state index is 5.36. The van der Waals surface area contributed by atoms with Gasteiger partial charge in [-0.1, -0.05) is 23.1 Å². The molecule has 8 heteroatoms. The van der Waals surface area contributed by atoms with Crippen molar-refractivity contribution in [1.29, 1.82) is 0 Å². The highest BCUT2D eigenvalue weighted by Gasteiger charge is 2.15. The third-order valence-corrected chi connectivity index (χ3v) is 5.48. The Labute approximate surface area is 132 Å². The van der Waals surface area contributed by atoms with Crippen LogP contribution >= 0.6 is 23.1 Å². The maximum Gasteiger partial charge on any atom is 0.209 e. The van der Waals surface area contributed by atoms with Gasteiger partial charge in [-0.2, -0.15) is 5.10 Å². The highest BCUT2D eigenvalue weighted by Crippen LogP contribution is 2.28. The van der Waals surface area contributed by atoms with Crippen LogP contribution in [-0.2, 0) is 17.7 Å². The number of rotatable bonds is 6. The molecule has 114 valence electrons. The lowest BCUT2D eigenvalue weighted by molar-refractivity contribution is 0.122. The molecule has 1 saturated heterocycles. The van der Waals surface area contributed by atoms with Gasteiger partial charge < -0.3 is 9.64 Å². The number of thioether (sulfide) groups is 1. The van der Waals surface area contributed by atoms with E-state index in [1.807, 2.05) is 10.9 Å². The Morgan fingerprint density at radius 1 is 1.33 bits per heavy atom. The molecule has 0 atom stereocenters. The van der Waals surface area contributed by atoms with Crippen LogP contribution in [0.5, 0.6) is 0 Å². The second-order valence-corrected chi connectivity index (χ2v) is 6.98. The Hall–Kier alpha value is -1.12. The molecule has 3 heterocycles. The third-order valence-electron chi connectivity index (χ3n) is 3.37. The number of aryl methyl sites for hydroxylation is 2. The number of ether oxygens (including phenoxy) is 1. The van der Waals surface area contributed by atoms with Gasteiger partial charge in [0.15, 0.2) is 4.34 Å². The first-order chi connectivity index (χ1) is 10.4. The summed E-state index contributed by atoms with van der Waals surface area (Å²) in [6.45, 7) is 6.42. The minimum absolute atomic E-state index is 0.781. The molecule has 0 radical (unpaired) electrons. The molecule has 2 aromatic heterocycles. The molecule has 6 nitrogen and oxygen atoms in total. The van der Waals surface area contributed by atoms with Gasteiger partial charge >= 0.3 is 0 Å². The third kappa shape index (κ3) is 3.75. The van der Waals surface area contributed by atoms with Crippen LogP contribution in [0, 0.1) is 0 Å². The van der Waals surface area contributed by atoms with Gasteiger partial charge in [0.25, 0.3) is 0 Å². The first kappa shape index (κ1) is 14.8. The molecule has 0 aromatic carbocycles. The molecule has 0 aliphatic carbocycles. The molecule has 1 fully saturated rings. The highest BCUT2D eigenvalue weighted by atomic mass is 32.2. The molecule has 3 rings (SSSR count). The minimum atomic E-state index is 0.781. The Morgan fingerprint density at radius 3 is 3.00 bits per heavy atom. The van der Waals surface area contributed by atoms with E-state index in [-0.39, 0.29) is 0 Å². The monoisotopic (exact) mass is 325 g/mol. The van der Waals surface area contributed by atoms with Crippen molar-refractivity contribution in [2.75, 3.05) is 37.0 Å². The number of nitrogens with zero attached hydrogens (tertiary/aromatic N) is 5.